The van der Waals surface area contributed by atoms with Crippen LogP contribution >= 0.6 is 0 Å². The molecule has 1 atom stereocenters. The molecular formula is C18H35N. The van der Waals surface area contributed by atoms with Crippen molar-refractivity contribution in [1.29, 1.82) is 0 Å². The van der Waals surface area contributed by atoms with Gasteiger partial charge in [0.05, 0.1) is 0 Å². The molecule has 0 saturated carbocycles. The Morgan fingerprint density at radius 1 is 1.00 bits per heavy atom. The number of hydrogen-bond acceptors (Lipinski definition) is 1. The highest BCUT2D eigenvalue weighted by molar-refractivity contribution is 5.11. The molecule has 0 aliphatic heterocycles. The summed E-state index contributed by atoms with van der Waals surface area (Å²) in [5.41, 5.74) is 1.70. The van der Waals surface area contributed by atoms with Gasteiger partial charge in [-0.05, 0) is 39.2 Å². The van der Waals surface area contributed by atoms with Crippen LogP contribution in [0.4, 0.5) is 0 Å². The summed E-state index contributed by atoms with van der Waals surface area (Å²) >= 11 is 0. The Labute approximate surface area is 121 Å². The fraction of sp³-hybridized carbons (Fsp3) is 0.889. The zero-order valence-corrected chi connectivity index (χ0v) is 13.3. The van der Waals surface area contributed by atoms with Crippen LogP contribution in [-0.2, 0) is 0 Å². The molecule has 0 saturated heterocycles. The second-order valence-electron chi connectivity index (χ2n) is 6.13. The third-order valence-electron chi connectivity index (χ3n) is 4.47. The van der Waals surface area contributed by atoms with Gasteiger partial charge in [-0.25, -0.2) is 0 Å². The van der Waals surface area contributed by atoms with Gasteiger partial charge in [0.1, 0.15) is 0 Å². The highest BCUT2D eigenvalue weighted by Gasteiger charge is 2.12. The van der Waals surface area contributed by atoms with Crippen molar-refractivity contribution in [1.82, 2.24) is 5.32 Å². The molecule has 1 N–H and O–H groups in total. The summed E-state index contributed by atoms with van der Waals surface area (Å²) in [6.45, 7) is 2.29. The molecule has 112 valence electrons. The summed E-state index contributed by atoms with van der Waals surface area (Å²) in [5, 5.41) is 3.55. The number of hydrogen-bond donors (Lipinski definition) is 1. The summed E-state index contributed by atoms with van der Waals surface area (Å²) in [4.78, 5) is 0. The average Bonchev–Trinajstić information content (AvgIpc) is 2.39. The predicted molar refractivity (Wildman–Crippen MR) is 86.6 cm³/mol. The maximum Gasteiger partial charge on any atom is 0.0276 e. The normalized spacial score (nSPS) is 18.5. The summed E-state index contributed by atoms with van der Waals surface area (Å²) in [6.07, 6.45) is 20.7. The third kappa shape index (κ3) is 7.77. The van der Waals surface area contributed by atoms with Crippen LogP contribution in [0, 0.1) is 0 Å². The molecule has 0 radical (unpaired) electrons. The molecule has 1 aliphatic carbocycles. The SMILES string of the molecule is CCCCCCCCC(NC)C1=CCCCCCC1. The first-order valence-electron chi connectivity index (χ1n) is 8.74. The molecule has 1 aliphatic rings. The van der Waals surface area contributed by atoms with Crippen LogP contribution in [0.3, 0.4) is 0 Å². The second-order valence-corrected chi connectivity index (χ2v) is 6.13. The first-order chi connectivity index (χ1) is 9.38. The van der Waals surface area contributed by atoms with E-state index in [0.29, 0.717) is 6.04 Å². The molecule has 0 spiro atoms. The lowest BCUT2D eigenvalue weighted by Crippen LogP contribution is -2.27. The Morgan fingerprint density at radius 3 is 2.53 bits per heavy atom. The standard InChI is InChI=1S/C18H35N/c1-3-4-5-6-10-13-16-18(19-2)17-14-11-8-7-9-12-15-17/h14,18-19H,3-13,15-16H2,1-2H3. The van der Waals surface area contributed by atoms with Gasteiger partial charge in [0, 0.05) is 6.04 Å². The number of nitrogens with one attached hydrogen (secondary N) is 1. The van der Waals surface area contributed by atoms with Crippen LogP contribution in [0.15, 0.2) is 11.6 Å². The van der Waals surface area contributed by atoms with Crippen LogP contribution in [-0.4, -0.2) is 13.1 Å². The van der Waals surface area contributed by atoms with E-state index in [1.165, 1.54) is 83.5 Å². The van der Waals surface area contributed by atoms with Crippen molar-refractivity contribution >= 4 is 0 Å². The van der Waals surface area contributed by atoms with Gasteiger partial charge in [-0.1, -0.05) is 69.9 Å². The van der Waals surface area contributed by atoms with Crippen molar-refractivity contribution < 1.29 is 0 Å². The van der Waals surface area contributed by atoms with Crippen LogP contribution in [0.5, 0.6) is 0 Å². The van der Waals surface area contributed by atoms with Crippen molar-refractivity contribution in [2.45, 2.75) is 96.4 Å². The molecule has 0 bridgehead atoms. The van der Waals surface area contributed by atoms with E-state index in [1.54, 1.807) is 5.57 Å². The first-order valence-corrected chi connectivity index (χ1v) is 8.74. The van der Waals surface area contributed by atoms with Gasteiger partial charge in [0.2, 0.25) is 0 Å². The minimum absolute atomic E-state index is 0.657. The maximum absolute atomic E-state index is 3.55. The fourth-order valence-corrected chi connectivity index (χ4v) is 3.18. The quantitative estimate of drug-likeness (QED) is 0.422. The molecule has 1 heteroatoms. The molecule has 0 amide bonds. The van der Waals surface area contributed by atoms with Crippen molar-refractivity contribution in [3.8, 4) is 0 Å². The third-order valence-corrected chi connectivity index (χ3v) is 4.47. The summed E-state index contributed by atoms with van der Waals surface area (Å²) in [5.74, 6) is 0. The zero-order chi connectivity index (χ0) is 13.8. The van der Waals surface area contributed by atoms with Gasteiger partial charge in [-0.3, -0.25) is 0 Å². The molecule has 19 heavy (non-hydrogen) atoms. The molecule has 0 aromatic rings. The average molecular weight is 265 g/mol. The van der Waals surface area contributed by atoms with Crippen molar-refractivity contribution in [2.24, 2.45) is 0 Å². The Morgan fingerprint density at radius 2 is 1.74 bits per heavy atom. The number of rotatable bonds is 9. The lowest BCUT2D eigenvalue weighted by Gasteiger charge is -2.22. The van der Waals surface area contributed by atoms with E-state index in [4.69, 9.17) is 0 Å². The molecule has 0 fully saturated rings. The predicted octanol–water partition coefficient (Wildman–Crippen LogP) is 5.61. The van der Waals surface area contributed by atoms with E-state index in [1.807, 2.05) is 0 Å². The van der Waals surface area contributed by atoms with Gasteiger partial charge in [-0.2, -0.15) is 0 Å². The Hall–Kier alpha value is -0.300. The van der Waals surface area contributed by atoms with Crippen LogP contribution < -0.4 is 5.32 Å². The van der Waals surface area contributed by atoms with E-state index in [-0.39, 0.29) is 0 Å². The number of likely N-dealkylation sites (N-methyl/N-ethyl adjacent to an activating group) is 1. The van der Waals surface area contributed by atoms with Crippen molar-refractivity contribution in [3.63, 3.8) is 0 Å². The molecule has 1 rings (SSSR count). The van der Waals surface area contributed by atoms with Crippen molar-refractivity contribution in [3.05, 3.63) is 11.6 Å². The molecule has 0 heterocycles. The molecular weight excluding hydrogens is 230 g/mol. The van der Waals surface area contributed by atoms with Crippen LogP contribution in [0.25, 0.3) is 0 Å². The van der Waals surface area contributed by atoms with E-state index in [9.17, 15) is 0 Å². The van der Waals surface area contributed by atoms with E-state index in [2.05, 4.69) is 25.4 Å². The molecule has 1 nitrogen and oxygen atoms in total. The summed E-state index contributed by atoms with van der Waals surface area (Å²) in [7, 11) is 2.14. The minimum atomic E-state index is 0.657. The Kier molecular flexibility index (Phi) is 10.2. The lowest BCUT2D eigenvalue weighted by molar-refractivity contribution is 0.499. The van der Waals surface area contributed by atoms with Gasteiger partial charge in [0.15, 0.2) is 0 Å². The number of unbranched alkanes of at least 4 members (excludes halogenated alkanes) is 5. The van der Waals surface area contributed by atoms with Gasteiger partial charge in [-0.15, -0.1) is 0 Å². The van der Waals surface area contributed by atoms with E-state index in [0.717, 1.165) is 0 Å². The van der Waals surface area contributed by atoms with Crippen LogP contribution in [0.1, 0.15) is 90.4 Å². The van der Waals surface area contributed by atoms with Gasteiger partial charge < -0.3 is 5.32 Å². The molecule has 0 aromatic carbocycles. The minimum Gasteiger partial charge on any atom is -0.313 e. The molecule has 0 aromatic heterocycles. The van der Waals surface area contributed by atoms with Crippen molar-refractivity contribution in [2.75, 3.05) is 7.05 Å². The van der Waals surface area contributed by atoms with Crippen LogP contribution in [0.2, 0.25) is 0 Å². The largest absolute Gasteiger partial charge is 0.313 e. The van der Waals surface area contributed by atoms with Gasteiger partial charge in [0.25, 0.3) is 0 Å². The lowest BCUT2D eigenvalue weighted by atomic mass is 9.92. The summed E-state index contributed by atoms with van der Waals surface area (Å²) in [6, 6.07) is 0.657. The summed E-state index contributed by atoms with van der Waals surface area (Å²) < 4.78 is 0. The highest BCUT2D eigenvalue weighted by Crippen LogP contribution is 2.22. The fourth-order valence-electron chi connectivity index (χ4n) is 3.18. The topological polar surface area (TPSA) is 12.0 Å². The van der Waals surface area contributed by atoms with Gasteiger partial charge >= 0.3 is 0 Å². The second kappa shape index (κ2) is 11.5. The smallest absolute Gasteiger partial charge is 0.0276 e. The van der Waals surface area contributed by atoms with E-state index >= 15 is 0 Å². The maximum atomic E-state index is 3.55. The Balaban J connectivity index is 2.23. The first kappa shape index (κ1) is 16.8. The Bertz CT molecular complexity index is 232. The monoisotopic (exact) mass is 265 g/mol. The van der Waals surface area contributed by atoms with E-state index < -0.39 is 0 Å². The molecule has 1 unspecified atom stereocenters. The number of allylic oxidation sites excluding steroid dienone is 1. The zero-order valence-electron chi connectivity index (χ0n) is 13.3. The highest BCUT2D eigenvalue weighted by atomic mass is 14.9.